The molecule has 0 spiro atoms. The Morgan fingerprint density at radius 2 is 1.41 bits per heavy atom. The van der Waals surface area contributed by atoms with Crippen molar-refractivity contribution in [2.75, 3.05) is 0 Å². The fraction of sp³-hybridized carbons (Fsp3) is 0.414. The topological polar surface area (TPSA) is 0 Å². The maximum atomic E-state index is 2.66. The van der Waals surface area contributed by atoms with Gasteiger partial charge in [0.15, 0.2) is 0 Å². The van der Waals surface area contributed by atoms with Crippen LogP contribution in [0.15, 0.2) is 69.5 Å². The molecule has 170 valence electrons. The van der Waals surface area contributed by atoms with E-state index in [2.05, 4.69) is 102 Å². The fourth-order valence-corrected chi connectivity index (χ4v) is 14.0. The molecule has 2 aromatic rings. The molecule has 1 atom stereocenters. The van der Waals surface area contributed by atoms with Gasteiger partial charge in [-0.3, -0.25) is 0 Å². The molecular weight excluding hydrogens is 510 g/mol. The average molecular weight is 547 g/mol. The quantitative estimate of drug-likeness (QED) is 0.540. The predicted octanol–water partition coefficient (Wildman–Crippen LogP) is 2.27. The molecule has 2 aliphatic carbocycles. The molecule has 0 aromatic heterocycles. The molecular formula is C29H36Cl2Zr. The minimum atomic E-state index is -2.13. The van der Waals surface area contributed by atoms with Crippen LogP contribution in [0.1, 0.15) is 75.6 Å². The average Bonchev–Trinajstić information content (AvgIpc) is 3.27. The van der Waals surface area contributed by atoms with E-state index in [0.29, 0.717) is 9.54 Å². The van der Waals surface area contributed by atoms with E-state index in [1.165, 1.54) is 30.4 Å². The van der Waals surface area contributed by atoms with E-state index in [9.17, 15) is 0 Å². The molecule has 0 aliphatic heterocycles. The molecule has 0 heterocycles. The van der Waals surface area contributed by atoms with Crippen LogP contribution in [-0.4, -0.2) is 3.21 Å². The van der Waals surface area contributed by atoms with E-state index < -0.39 is 21.3 Å². The van der Waals surface area contributed by atoms with Crippen molar-refractivity contribution in [1.29, 1.82) is 0 Å². The van der Waals surface area contributed by atoms with Crippen LogP contribution in [0.2, 0.25) is 0 Å². The first-order chi connectivity index (χ1) is 14.3. The summed E-state index contributed by atoms with van der Waals surface area (Å²) in [6, 6.07) is 18.4. The summed E-state index contributed by atoms with van der Waals surface area (Å²) in [7, 11) is 0. The maximum absolute atomic E-state index is 2.66. The number of rotatable bonds is 5. The zero-order valence-electron chi connectivity index (χ0n) is 20.3. The Balaban J connectivity index is 0.00000181. The van der Waals surface area contributed by atoms with Crippen LogP contribution >= 0.6 is 0 Å². The number of unbranched alkanes of at least 4 members (excludes halogenated alkanes) is 1. The van der Waals surface area contributed by atoms with E-state index in [4.69, 9.17) is 0 Å². The molecule has 0 N–H and O–H groups in total. The number of allylic oxidation sites excluding steroid dienone is 4. The van der Waals surface area contributed by atoms with Crippen molar-refractivity contribution in [1.82, 2.24) is 0 Å². The van der Waals surface area contributed by atoms with Gasteiger partial charge in [0.1, 0.15) is 0 Å². The zero-order valence-corrected chi connectivity index (χ0v) is 24.3. The summed E-state index contributed by atoms with van der Waals surface area (Å²) in [5, 5.41) is 0. The Hall–Kier alpha value is -0.747. The Morgan fingerprint density at radius 3 is 1.88 bits per heavy atom. The molecule has 0 nitrogen and oxygen atoms in total. The van der Waals surface area contributed by atoms with Gasteiger partial charge in [-0.15, -0.1) is 0 Å². The van der Waals surface area contributed by atoms with Gasteiger partial charge in [0, 0.05) is 0 Å². The molecule has 32 heavy (non-hydrogen) atoms. The third-order valence-electron chi connectivity index (χ3n) is 6.80. The fourth-order valence-electron chi connectivity index (χ4n) is 5.25. The summed E-state index contributed by atoms with van der Waals surface area (Å²) in [4.78, 5) is 0. The second kappa shape index (κ2) is 11.1. The van der Waals surface area contributed by atoms with Crippen molar-refractivity contribution < 1.29 is 46.1 Å². The Bertz CT molecular complexity index is 1000. The Morgan fingerprint density at radius 1 is 0.875 bits per heavy atom. The van der Waals surface area contributed by atoms with E-state index in [1.807, 2.05) is 3.28 Å². The van der Waals surface area contributed by atoms with Crippen molar-refractivity contribution in [2.24, 2.45) is 11.3 Å². The van der Waals surface area contributed by atoms with Crippen LogP contribution in [0.25, 0.3) is 11.1 Å². The first-order valence-electron chi connectivity index (χ1n) is 11.6. The van der Waals surface area contributed by atoms with E-state index in [1.54, 1.807) is 19.9 Å². The van der Waals surface area contributed by atoms with Crippen molar-refractivity contribution in [3.63, 3.8) is 0 Å². The molecule has 0 bridgehead atoms. The van der Waals surface area contributed by atoms with Gasteiger partial charge in [0.05, 0.1) is 0 Å². The van der Waals surface area contributed by atoms with Crippen LogP contribution in [0.4, 0.5) is 0 Å². The molecule has 2 aliphatic rings. The first kappa shape index (κ1) is 27.5. The smallest absolute Gasteiger partial charge is 1.00 e. The number of hydrogen-bond acceptors (Lipinski definition) is 0. The second-order valence-corrected chi connectivity index (χ2v) is 17.6. The molecule has 3 heteroatoms. The van der Waals surface area contributed by atoms with E-state index >= 15 is 0 Å². The summed E-state index contributed by atoms with van der Waals surface area (Å²) in [6.45, 7) is 14.3. The largest absolute Gasteiger partial charge is 1.00 e. The summed E-state index contributed by atoms with van der Waals surface area (Å²) in [5.74, 6) is 0.656. The summed E-state index contributed by atoms with van der Waals surface area (Å²) in [6.07, 6.45) is 9.22. The molecule has 0 radical (unpaired) electrons. The second-order valence-electron chi connectivity index (χ2n) is 10.2. The normalized spacial score (nSPS) is 16.6. The predicted molar refractivity (Wildman–Crippen MR) is 129 cm³/mol. The summed E-state index contributed by atoms with van der Waals surface area (Å²) in [5.41, 5.74) is 7.93. The van der Waals surface area contributed by atoms with Gasteiger partial charge in [-0.1, -0.05) is 0 Å². The van der Waals surface area contributed by atoms with Gasteiger partial charge in [-0.05, 0) is 0 Å². The van der Waals surface area contributed by atoms with Crippen molar-refractivity contribution in [2.45, 2.75) is 64.4 Å². The zero-order chi connectivity index (χ0) is 21.5. The van der Waals surface area contributed by atoms with Gasteiger partial charge in [-0.2, -0.15) is 0 Å². The molecule has 0 saturated heterocycles. The molecule has 0 saturated carbocycles. The number of halogens is 2. The molecule has 0 amide bonds. The minimum Gasteiger partial charge on any atom is -1.00 e. The standard InChI is InChI=1S/C13H9.C13H21.C3H6.2ClH.Zr/c1-3-7-12-10(5-1)9-11-6-2-4-8-13(11)12;1-5-6-7-11-8-9-12(10-11)13(2,3)4;1-3-2;;;/h1-9H;9-11H,5-7H2,1-4H3;1-2H3;2*1H;/q;;;;;+2/p-2. The first-order valence-corrected chi connectivity index (χ1v) is 15.5. The Kier molecular flexibility index (Phi) is 9.55. The van der Waals surface area contributed by atoms with Gasteiger partial charge in [0.25, 0.3) is 0 Å². The summed E-state index contributed by atoms with van der Waals surface area (Å²) >= 11 is -2.13. The molecule has 2 aromatic carbocycles. The van der Waals surface area contributed by atoms with Crippen LogP contribution in [0.3, 0.4) is 0 Å². The molecule has 0 fully saturated rings. The molecule has 1 unspecified atom stereocenters. The van der Waals surface area contributed by atoms with Gasteiger partial charge >= 0.3 is 192 Å². The van der Waals surface area contributed by atoms with Crippen LogP contribution in [0, 0.1) is 11.3 Å². The van der Waals surface area contributed by atoms with Crippen molar-refractivity contribution >= 4 is 3.21 Å². The van der Waals surface area contributed by atoms with Crippen LogP contribution in [0.5, 0.6) is 0 Å². The van der Waals surface area contributed by atoms with E-state index in [0.717, 1.165) is 0 Å². The van der Waals surface area contributed by atoms with E-state index in [-0.39, 0.29) is 30.2 Å². The van der Waals surface area contributed by atoms with Crippen LogP contribution in [-0.2, 0) is 21.3 Å². The van der Waals surface area contributed by atoms with Crippen LogP contribution < -0.4 is 24.8 Å². The monoisotopic (exact) mass is 544 g/mol. The van der Waals surface area contributed by atoms with Gasteiger partial charge in [0.2, 0.25) is 0 Å². The number of fused-ring (bicyclic) bond motifs is 3. The third kappa shape index (κ3) is 5.16. The third-order valence-corrected chi connectivity index (χ3v) is 15.2. The molecule has 4 rings (SSSR count). The number of hydrogen-bond donors (Lipinski definition) is 0. The Labute approximate surface area is 215 Å². The van der Waals surface area contributed by atoms with Crippen molar-refractivity contribution in [3.05, 3.63) is 80.7 Å². The summed E-state index contributed by atoms with van der Waals surface area (Å²) < 4.78 is 4.19. The number of benzene rings is 2. The minimum absolute atomic E-state index is 0. The SMILES string of the molecule is CCCCC1C=C(C(C)(C)C)C=[C]1[Zr+2](=[C](C)C)[CH]1c2ccccc2-c2ccccc21.[Cl-].[Cl-]. The van der Waals surface area contributed by atoms with Gasteiger partial charge < -0.3 is 24.8 Å². The van der Waals surface area contributed by atoms with Crippen molar-refractivity contribution in [3.8, 4) is 11.1 Å². The van der Waals surface area contributed by atoms with Gasteiger partial charge in [-0.25, -0.2) is 0 Å². The maximum Gasteiger partial charge on any atom is -1.00 e.